The first-order chi connectivity index (χ1) is 5.61. The molecular weight excluding hydrogens is 156 g/mol. The van der Waals surface area contributed by atoms with Gasteiger partial charge in [-0.1, -0.05) is 6.58 Å². The van der Waals surface area contributed by atoms with Gasteiger partial charge in [0.15, 0.2) is 0 Å². The molecule has 0 unspecified atom stereocenters. The van der Waals surface area contributed by atoms with Gasteiger partial charge in [0.2, 0.25) is 0 Å². The van der Waals surface area contributed by atoms with Gasteiger partial charge in [-0.05, 0) is 6.92 Å². The van der Waals surface area contributed by atoms with E-state index in [1.165, 1.54) is 12.4 Å². The Morgan fingerprint density at radius 3 is 2.58 bits per heavy atom. The summed E-state index contributed by atoms with van der Waals surface area (Å²) in [5.74, 6) is -1.08. The lowest BCUT2D eigenvalue weighted by atomic mass is 10.2. The largest absolute Gasteiger partial charge is 0.478 e. The fourth-order valence-corrected chi connectivity index (χ4v) is 0.658. The zero-order chi connectivity index (χ0) is 9.14. The van der Waals surface area contributed by atoms with Gasteiger partial charge < -0.3 is 5.11 Å². The van der Waals surface area contributed by atoms with E-state index < -0.39 is 5.97 Å². The monoisotopic (exact) mass is 164 g/mol. The molecule has 0 aliphatic carbocycles. The molecule has 1 heterocycles. The SMILES string of the molecule is C=C(C(=O)O)c1cnc(C)cn1. The van der Waals surface area contributed by atoms with E-state index in [9.17, 15) is 4.79 Å². The lowest BCUT2D eigenvalue weighted by Crippen LogP contribution is -2.01. The number of carboxylic acids is 1. The van der Waals surface area contributed by atoms with Gasteiger partial charge in [0, 0.05) is 6.20 Å². The molecule has 1 N–H and O–H groups in total. The van der Waals surface area contributed by atoms with Crippen LogP contribution < -0.4 is 0 Å². The Hall–Kier alpha value is -1.71. The maximum atomic E-state index is 10.4. The van der Waals surface area contributed by atoms with Crippen LogP contribution in [0.15, 0.2) is 19.0 Å². The van der Waals surface area contributed by atoms with Crippen molar-refractivity contribution >= 4 is 11.5 Å². The van der Waals surface area contributed by atoms with E-state index in [0.717, 1.165) is 5.69 Å². The fourth-order valence-electron chi connectivity index (χ4n) is 0.658. The van der Waals surface area contributed by atoms with E-state index >= 15 is 0 Å². The third-order valence-electron chi connectivity index (χ3n) is 1.35. The van der Waals surface area contributed by atoms with Gasteiger partial charge in [0.05, 0.1) is 23.2 Å². The van der Waals surface area contributed by atoms with E-state index in [1.807, 2.05) is 0 Å². The summed E-state index contributed by atoms with van der Waals surface area (Å²) in [4.78, 5) is 18.2. The van der Waals surface area contributed by atoms with Crippen LogP contribution >= 0.6 is 0 Å². The third-order valence-corrected chi connectivity index (χ3v) is 1.35. The predicted molar refractivity (Wildman–Crippen MR) is 43.4 cm³/mol. The fraction of sp³-hybridized carbons (Fsp3) is 0.125. The molecule has 0 saturated heterocycles. The van der Waals surface area contributed by atoms with Crippen molar-refractivity contribution in [2.24, 2.45) is 0 Å². The first-order valence-corrected chi connectivity index (χ1v) is 3.32. The van der Waals surface area contributed by atoms with Crippen molar-refractivity contribution in [2.75, 3.05) is 0 Å². The predicted octanol–water partition coefficient (Wildman–Crippen LogP) is 0.883. The van der Waals surface area contributed by atoms with Gasteiger partial charge >= 0.3 is 5.97 Å². The first-order valence-electron chi connectivity index (χ1n) is 3.32. The van der Waals surface area contributed by atoms with Gasteiger partial charge in [-0.15, -0.1) is 0 Å². The Morgan fingerprint density at radius 2 is 2.17 bits per heavy atom. The zero-order valence-corrected chi connectivity index (χ0v) is 6.61. The summed E-state index contributed by atoms with van der Waals surface area (Å²) in [6, 6.07) is 0. The van der Waals surface area contributed by atoms with Crippen LogP contribution in [-0.4, -0.2) is 21.0 Å². The maximum Gasteiger partial charge on any atom is 0.337 e. The molecule has 1 rings (SSSR count). The normalized spacial score (nSPS) is 9.42. The van der Waals surface area contributed by atoms with Gasteiger partial charge in [-0.25, -0.2) is 4.79 Å². The molecular formula is C8H8N2O2. The van der Waals surface area contributed by atoms with Crippen molar-refractivity contribution in [3.8, 4) is 0 Å². The average Bonchev–Trinajstić information content (AvgIpc) is 2.04. The van der Waals surface area contributed by atoms with Crippen molar-refractivity contribution in [3.63, 3.8) is 0 Å². The number of hydrogen-bond donors (Lipinski definition) is 1. The quantitative estimate of drug-likeness (QED) is 0.659. The molecule has 0 aliphatic rings. The minimum Gasteiger partial charge on any atom is -0.478 e. The molecule has 0 aliphatic heterocycles. The summed E-state index contributed by atoms with van der Waals surface area (Å²) < 4.78 is 0. The second-order valence-corrected chi connectivity index (χ2v) is 2.33. The lowest BCUT2D eigenvalue weighted by molar-refractivity contribution is -0.130. The molecule has 62 valence electrons. The lowest BCUT2D eigenvalue weighted by Gasteiger charge is -1.97. The van der Waals surface area contributed by atoms with E-state index in [-0.39, 0.29) is 5.57 Å². The Balaban J connectivity index is 2.98. The number of aliphatic carboxylic acids is 1. The summed E-state index contributed by atoms with van der Waals surface area (Å²) in [5, 5.41) is 8.54. The van der Waals surface area contributed by atoms with Crippen LogP contribution in [0.1, 0.15) is 11.4 Å². The summed E-state index contributed by atoms with van der Waals surface area (Å²) >= 11 is 0. The van der Waals surface area contributed by atoms with Crippen LogP contribution in [0.3, 0.4) is 0 Å². The second-order valence-electron chi connectivity index (χ2n) is 2.33. The standard InChI is InChI=1S/C8H8N2O2/c1-5-3-10-7(4-9-5)6(2)8(11)12/h3-4H,2H2,1H3,(H,11,12). The van der Waals surface area contributed by atoms with E-state index in [4.69, 9.17) is 5.11 Å². The van der Waals surface area contributed by atoms with Crippen LogP contribution in [0, 0.1) is 6.92 Å². The molecule has 12 heavy (non-hydrogen) atoms. The highest BCUT2D eigenvalue weighted by Gasteiger charge is 2.07. The molecule has 0 amide bonds. The minimum atomic E-state index is -1.08. The smallest absolute Gasteiger partial charge is 0.337 e. The number of hydrogen-bond acceptors (Lipinski definition) is 3. The van der Waals surface area contributed by atoms with Gasteiger partial charge in [0.1, 0.15) is 0 Å². The molecule has 0 spiro atoms. The second kappa shape index (κ2) is 3.13. The molecule has 0 saturated carbocycles. The number of carbonyl (C=O) groups is 1. The Bertz CT molecular complexity index is 316. The highest BCUT2D eigenvalue weighted by atomic mass is 16.4. The topological polar surface area (TPSA) is 63.1 Å². The molecule has 1 aromatic heterocycles. The molecule has 0 radical (unpaired) electrons. The highest BCUT2D eigenvalue weighted by Crippen LogP contribution is 2.06. The maximum absolute atomic E-state index is 10.4. The van der Waals surface area contributed by atoms with Crippen molar-refractivity contribution in [1.82, 2.24) is 9.97 Å². The number of aryl methyl sites for hydroxylation is 1. The van der Waals surface area contributed by atoms with Gasteiger partial charge in [-0.3, -0.25) is 9.97 Å². The molecule has 1 aromatic rings. The van der Waals surface area contributed by atoms with Crippen molar-refractivity contribution in [3.05, 3.63) is 30.4 Å². The molecule has 0 bridgehead atoms. The first kappa shape index (κ1) is 8.39. The van der Waals surface area contributed by atoms with Crippen LogP contribution in [0.4, 0.5) is 0 Å². The van der Waals surface area contributed by atoms with E-state index in [0.29, 0.717) is 5.69 Å². The van der Waals surface area contributed by atoms with Crippen LogP contribution in [0.2, 0.25) is 0 Å². The molecule has 0 fully saturated rings. The van der Waals surface area contributed by atoms with Crippen molar-refractivity contribution < 1.29 is 9.90 Å². The van der Waals surface area contributed by atoms with Crippen LogP contribution in [0.25, 0.3) is 5.57 Å². The van der Waals surface area contributed by atoms with Gasteiger partial charge in [-0.2, -0.15) is 0 Å². The van der Waals surface area contributed by atoms with Crippen LogP contribution in [0.5, 0.6) is 0 Å². The van der Waals surface area contributed by atoms with E-state index in [1.54, 1.807) is 6.92 Å². The number of nitrogens with zero attached hydrogens (tertiary/aromatic N) is 2. The number of rotatable bonds is 2. The zero-order valence-electron chi connectivity index (χ0n) is 6.61. The Kier molecular flexibility index (Phi) is 2.19. The Morgan fingerprint density at radius 1 is 1.50 bits per heavy atom. The molecule has 0 atom stereocenters. The summed E-state index contributed by atoms with van der Waals surface area (Å²) in [6.45, 7) is 5.13. The minimum absolute atomic E-state index is 0.0394. The highest BCUT2D eigenvalue weighted by molar-refractivity contribution is 6.13. The molecule has 4 nitrogen and oxygen atoms in total. The average molecular weight is 164 g/mol. The summed E-state index contributed by atoms with van der Waals surface area (Å²) in [6.07, 6.45) is 2.90. The number of aromatic nitrogens is 2. The Labute approximate surface area is 69.6 Å². The van der Waals surface area contributed by atoms with Crippen molar-refractivity contribution in [2.45, 2.75) is 6.92 Å². The molecule has 4 heteroatoms. The van der Waals surface area contributed by atoms with Crippen LogP contribution in [-0.2, 0) is 4.79 Å². The third kappa shape index (κ3) is 1.66. The summed E-state index contributed by atoms with van der Waals surface area (Å²) in [5.41, 5.74) is 1.01. The van der Waals surface area contributed by atoms with Crippen molar-refractivity contribution in [1.29, 1.82) is 0 Å². The number of carboxylic acid groups (broad SMARTS) is 1. The molecule has 0 aromatic carbocycles. The van der Waals surface area contributed by atoms with E-state index in [2.05, 4.69) is 16.5 Å². The van der Waals surface area contributed by atoms with Gasteiger partial charge in [0.25, 0.3) is 0 Å². The summed E-state index contributed by atoms with van der Waals surface area (Å²) in [7, 11) is 0.